The number of rotatable bonds is 9. The summed E-state index contributed by atoms with van der Waals surface area (Å²) in [5, 5.41) is 22.2. The second-order valence-electron chi connectivity index (χ2n) is 22.3. The predicted octanol–water partition coefficient (Wildman–Crippen LogP) is 15.8. The van der Waals surface area contributed by atoms with E-state index in [0.29, 0.717) is 11.5 Å². The van der Waals surface area contributed by atoms with Crippen LogP contribution in [0.15, 0.2) is 297 Å². The van der Waals surface area contributed by atoms with Gasteiger partial charge in [0.25, 0.3) is 0 Å². The maximum atomic E-state index is 10.0. The number of fused-ring (bicyclic) bond motifs is 12. The highest BCUT2D eigenvalue weighted by Crippen LogP contribution is 2.49. The van der Waals surface area contributed by atoms with Crippen molar-refractivity contribution >= 4 is 94.2 Å². The molecule has 0 amide bonds. The van der Waals surface area contributed by atoms with Crippen molar-refractivity contribution in [1.82, 2.24) is 23.7 Å². The molecule has 6 nitrogen and oxygen atoms in total. The number of benzene rings is 12. The molecule has 1 aliphatic rings. The summed E-state index contributed by atoms with van der Waals surface area (Å²) in [4.78, 5) is 11.5. The molecule has 0 N–H and O–H groups in total. The molecule has 396 valence electrons. The average Bonchev–Trinajstić information content (AvgIpc) is 2.93. The summed E-state index contributed by atoms with van der Waals surface area (Å²) in [6, 6.07) is 110. The van der Waals surface area contributed by atoms with Crippen molar-refractivity contribution in [2.75, 3.05) is 0 Å². The van der Waals surface area contributed by atoms with E-state index in [-0.39, 0.29) is 5.92 Å². The molecular formula is C78H50N6Si. The Morgan fingerprint density at radius 2 is 0.835 bits per heavy atom. The lowest BCUT2D eigenvalue weighted by Gasteiger charge is -2.34. The van der Waals surface area contributed by atoms with E-state index in [1.54, 1.807) is 0 Å². The van der Waals surface area contributed by atoms with E-state index in [1.807, 2.05) is 12.1 Å². The van der Waals surface area contributed by atoms with Crippen LogP contribution >= 0.6 is 0 Å². The maximum absolute atomic E-state index is 10.0. The van der Waals surface area contributed by atoms with Gasteiger partial charge in [0.1, 0.15) is 5.82 Å². The number of hydrogen-bond donors (Lipinski definition) is 0. The maximum Gasteiger partial charge on any atom is 0.237 e. The van der Waals surface area contributed by atoms with Crippen LogP contribution in [-0.4, -0.2) is 31.7 Å². The van der Waals surface area contributed by atoms with Crippen LogP contribution in [0, 0.1) is 11.3 Å². The largest absolute Gasteiger partial charge is 0.309 e. The Balaban J connectivity index is 0.910. The molecule has 0 spiro atoms. The van der Waals surface area contributed by atoms with Crippen molar-refractivity contribution in [3.63, 3.8) is 0 Å². The van der Waals surface area contributed by atoms with E-state index < -0.39 is 8.07 Å². The summed E-state index contributed by atoms with van der Waals surface area (Å²) in [5.74, 6) is 1.30. The third-order valence-electron chi connectivity index (χ3n) is 17.9. The standard InChI is InChI=1S/C78H50N6Si/c79-50-51-36-43-66-67(46-51)59-26-10-11-31-65(59)77(66)53-39-44-64-62-29-14-18-34-72(62)83(75(64)47-53)76-49-69(52-37-41-58(42-38-52)85(55-20-4-1-5-21-55,56-22-6-2-7-23-56)57-24-8-3-9-25-57)80-78(81-76)84-73-35-19-15-30-63(73)68-48-54(40-45-74(68)84)82-70-32-16-12-27-60(70)61-28-13-17-33-71(61)82/h1-49,77H. The van der Waals surface area contributed by atoms with Gasteiger partial charge in [0.05, 0.1) is 50.4 Å². The van der Waals surface area contributed by atoms with Crippen molar-refractivity contribution in [1.29, 1.82) is 5.26 Å². The van der Waals surface area contributed by atoms with E-state index in [2.05, 4.69) is 305 Å². The molecular weight excluding hydrogens is 1050 g/mol. The molecule has 17 rings (SSSR count). The van der Waals surface area contributed by atoms with E-state index in [1.165, 1.54) is 64.8 Å². The Labute approximate surface area is 491 Å². The molecule has 0 radical (unpaired) electrons. The van der Waals surface area contributed by atoms with Gasteiger partial charge in [0.2, 0.25) is 5.95 Å². The van der Waals surface area contributed by atoms with Gasteiger partial charge in [0.15, 0.2) is 8.07 Å². The van der Waals surface area contributed by atoms with Gasteiger partial charge >= 0.3 is 0 Å². The lowest BCUT2D eigenvalue weighted by molar-refractivity contribution is 0.950. The highest BCUT2D eigenvalue weighted by atomic mass is 28.3. The fourth-order valence-electron chi connectivity index (χ4n) is 14.3. The number of hydrogen-bond acceptors (Lipinski definition) is 3. The van der Waals surface area contributed by atoms with Crippen LogP contribution in [0.2, 0.25) is 0 Å². The first-order valence-corrected chi connectivity index (χ1v) is 31.0. The molecule has 0 aliphatic heterocycles. The van der Waals surface area contributed by atoms with Gasteiger partial charge < -0.3 is 4.57 Å². The molecule has 0 saturated carbocycles. The van der Waals surface area contributed by atoms with Crippen molar-refractivity contribution < 1.29 is 0 Å². The highest BCUT2D eigenvalue weighted by Gasteiger charge is 2.41. The highest BCUT2D eigenvalue weighted by molar-refractivity contribution is 7.19. The van der Waals surface area contributed by atoms with E-state index in [0.717, 1.165) is 71.9 Å². The fourth-order valence-corrected chi connectivity index (χ4v) is 19.0. The quantitative estimate of drug-likeness (QED) is 0.107. The van der Waals surface area contributed by atoms with E-state index >= 15 is 0 Å². The Morgan fingerprint density at radius 1 is 0.341 bits per heavy atom. The Bertz CT molecular complexity index is 5230. The molecule has 12 aromatic carbocycles. The first-order valence-electron chi connectivity index (χ1n) is 29.0. The second kappa shape index (κ2) is 19.2. The third-order valence-corrected chi connectivity index (χ3v) is 22.7. The first kappa shape index (κ1) is 48.5. The van der Waals surface area contributed by atoms with Gasteiger partial charge in [0, 0.05) is 55.6 Å². The van der Waals surface area contributed by atoms with Gasteiger partial charge in [-0.15, -0.1) is 0 Å². The fraction of sp³-hybridized carbons (Fsp3) is 0.0128. The molecule has 0 fully saturated rings. The summed E-state index contributed by atoms with van der Waals surface area (Å²) >= 11 is 0. The van der Waals surface area contributed by atoms with E-state index in [4.69, 9.17) is 9.97 Å². The molecule has 4 heterocycles. The van der Waals surface area contributed by atoms with Gasteiger partial charge in [-0.2, -0.15) is 10.2 Å². The minimum atomic E-state index is -2.83. The molecule has 0 saturated heterocycles. The lowest BCUT2D eigenvalue weighted by atomic mass is 9.88. The molecule has 7 heteroatoms. The minimum Gasteiger partial charge on any atom is -0.309 e. The summed E-state index contributed by atoms with van der Waals surface area (Å²) in [6.45, 7) is 0. The van der Waals surface area contributed by atoms with Crippen molar-refractivity contribution in [2.24, 2.45) is 0 Å². The van der Waals surface area contributed by atoms with Gasteiger partial charge in [-0.1, -0.05) is 231 Å². The number of nitrogens with zero attached hydrogens (tertiary/aromatic N) is 6. The molecule has 1 unspecified atom stereocenters. The first-order chi connectivity index (χ1) is 42.1. The summed E-state index contributed by atoms with van der Waals surface area (Å²) in [6.07, 6.45) is 0. The monoisotopic (exact) mass is 1100 g/mol. The summed E-state index contributed by atoms with van der Waals surface area (Å²) in [5.41, 5.74) is 15.9. The molecule has 0 bridgehead atoms. The Hall–Kier alpha value is -11.2. The van der Waals surface area contributed by atoms with Gasteiger partial charge in [-0.25, -0.2) is 4.98 Å². The van der Waals surface area contributed by atoms with Crippen molar-refractivity contribution in [3.05, 3.63) is 320 Å². The number of para-hydroxylation sites is 4. The number of nitriles is 1. The van der Waals surface area contributed by atoms with Crippen LogP contribution < -0.4 is 20.7 Å². The van der Waals surface area contributed by atoms with Crippen LogP contribution in [-0.2, 0) is 0 Å². The zero-order valence-corrected chi connectivity index (χ0v) is 47.1. The SMILES string of the molecule is N#Cc1ccc2c(c1)-c1ccccc1C2c1ccc2c3ccccc3n(-c3cc(-c4ccc([Si](c5ccccc5)(c5ccccc5)c5ccccc5)cc4)nc(-n4c5ccccc5c5cc(-n6c7ccccc7c7ccccc76)ccc54)n3)c2c1. The molecule has 16 aromatic rings. The summed E-state index contributed by atoms with van der Waals surface area (Å²) in [7, 11) is -2.83. The van der Waals surface area contributed by atoms with Crippen LogP contribution in [0.4, 0.5) is 0 Å². The molecule has 4 aromatic heterocycles. The van der Waals surface area contributed by atoms with Crippen LogP contribution in [0.25, 0.3) is 105 Å². The topological polar surface area (TPSA) is 64.4 Å². The van der Waals surface area contributed by atoms with Crippen LogP contribution in [0.3, 0.4) is 0 Å². The number of aromatic nitrogens is 5. The molecule has 85 heavy (non-hydrogen) atoms. The average molecular weight is 1100 g/mol. The normalized spacial score (nSPS) is 13.0. The zero-order valence-electron chi connectivity index (χ0n) is 46.1. The van der Waals surface area contributed by atoms with E-state index in [9.17, 15) is 5.26 Å². The Morgan fingerprint density at radius 3 is 1.45 bits per heavy atom. The minimum absolute atomic E-state index is 0.0341. The van der Waals surface area contributed by atoms with Crippen molar-refractivity contribution in [2.45, 2.75) is 5.92 Å². The van der Waals surface area contributed by atoms with Gasteiger partial charge in [-0.3, -0.25) is 9.13 Å². The van der Waals surface area contributed by atoms with Crippen LogP contribution in [0.5, 0.6) is 0 Å². The van der Waals surface area contributed by atoms with Crippen LogP contribution in [0.1, 0.15) is 28.2 Å². The second-order valence-corrected chi connectivity index (χ2v) is 26.1. The summed E-state index contributed by atoms with van der Waals surface area (Å²) < 4.78 is 7.01. The molecule has 1 atom stereocenters. The zero-order chi connectivity index (χ0) is 56.2. The molecule has 1 aliphatic carbocycles. The Kier molecular flexibility index (Phi) is 11.0. The third kappa shape index (κ3) is 7.36. The van der Waals surface area contributed by atoms with Gasteiger partial charge in [-0.05, 0) is 109 Å². The van der Waals surface area contributed by atoms with Crippen molar-refractivity contribution in [3.8, 4) is 45.9 Å². The smallest absolute Gasteiger partial charge is 0.237 e. The lowest BCUT2D eigenvalue weighted by Crippen LogP contribution is -2.74. The predicted molar refractivity (Wildman–Crippen MR) is 352 cm³/mol.